The Labute approximate surface area is 152 Å². The average molecular weight is 376 g/mol. The fraction of sp³-hybridized carbons (Fsp3) is 0.316. The number of amides is 1. The Morgan fingerprint density at radius 3 is 2.42 bits per heavy atom. The topological polar surface area (TPSA) is 66.5 Å². The van der Waals surface area contributed by atoms with Crippen LogP contribution in [0.5, 0.6) is 0 Å². The molecule has 1 heterocycles. The van der Waals surface area contributed by atoms with Crippen LogP contribution < -0.4 is 4.72 Å². The van der Waals surface area contributed by atoms with Crippen LogP contribution in [0.1, 0.15) is 28.8 Å². The zero-order valence-electron chi connectivity index (χ0n) is 14.5. The largest absolute Gasteiger partial charge is 0.335 e. The molecule has 0 radical (unpaired) electrons. The molecule has 7 heteroatoms. The molecule has 3 rings (SSSR count). The third-order valence-electron chi connectivity index (χ3n) is 4.46. The molecule has 138 valence electrons. The minimum absolute atomic E-state index is 0.0690. The van der Waals surface area contributed by atoms with E-state index in [0.717, 1.165) is 24.7 Å². The van der Waals surface area contributed by atoms with E-state index in [0.29, 0.717) is 24.2 Å². The number of hydrogen-bond donors (Lipinski definition) is 1. The molecule has 1 unspecified atom stereocenters. The standard InChI is InChI=1S/C19H21FN2O3S/c1-26(24,25)21-17-10-6-15(7-11-17)19(23)22-12-2-3-18(22)13-14-4-8-16(20)9-5-14/h4-11,18,21H,2-3,12-13H2,1H3. The lowest BCUT2D eigenvalue weighted by molar-refractivity contribution is 0.0736. The highest BCUT2D eigenvalue weighted by Gasteiger charge is 2.29. The van der Waals surface area contributed by atoms with Crippen molar-refractivity contribution in [2.45, 2.75) is 25.3 Å². The minimum Gasteiger partial charge on any atom is -0.335 e. The van der Waals surface area contributed by atoms with E-state index in [1.807, 2.05) is 4.90 Å². The maximum Gasteiger partial charge on any atom is 0.254 e. The number of likely N-dealkylation sites (tertiary alicyclic amines) is 1. The fourth-order valence-electron chi connectivity index (χ4n) is 3.27. The molecule has 2 aromatic rings. The molecule has 0 aliphatic carbocycles. The number of hydrogen-bond acceptors (Lipinski definition) is 3. The first kappa shape index (κ1) is 18.4. The smallest absolute Gasteiger partial charge is 0.254 e. The van der Waals surface area contributed by atoms with Gasteiger partial charge in [-0.2, -0.15) is 0 Å². The van der Waals surface area contributed by atoms with Crippen molar-refractivity contribution in [2.75, 3.05) is 17.5 Å². The number of rotatable bonds is 5. The Morgan fingerprint density at radius 1 is 1.15 bits per heavy atom. The van der Waals surface area contributed by atoms with Gasteiger partial charge in [-0.25, -0.2) is 12.8 Å². The molecule has 0 bridgehead atoms. The molecular formula is C19H21FN2O3S. The van der Waals surface area contributed by atoms with Gasteiger partial charge >= 0.3 is 0 Å². The van der Waals surface area contributed by atoms with Gasteiger partial charge in [-0.05, 0) is 61.2 Å². The van der Waals surface area contributed by atoms with E-state index in [2.05, 4.69) is 4.72 Å². The van der Waals surface area contributed by atoms with Gasteiger partial charge in [-0.15, -0.1) is 0 Å². The first-order valence-electron chi connectivity index (χ1n) is 8.45. The van der Waals surface area contributed by atoms with Crippen molar-refractivity contribution < 1.29 is 17.6 Å². The van der Waals surface area contributed by atoms with Crippen molar-refractivity contribution in [3.05, 3.63) is 65.5 Å². The van der Waals surface area contributed by atoms with Crippen molar-refractivity contribution in [3.63, 3.8) is 0 Å². The van der Waals surface area contributed by atoms with E-state index >= 15 is 0 Å². The number of nitrogens with zero attached hydrogens (tertiary/aromatic N) is 1. The molecule has 1 N–H and O–H groups in total. The van der Waals surface area contributed by atoms with Crippen LogP contribution in [0, 0.1) is 5.82 Å². The molecule has 26 heavy (non-hydrogen) atoms. The summed E-state index contributed by atoms with van der Waals surface area (Å²) in [5.74, 6) is -0.337. The predicted molar refractivity (Wildman–Crippen MR) is 99.1 cm³/mol. The molecule has 2 aromatic carbocycles. The Balaban J connectivity index is 1.70. The van der Waals surface area contributed by atoms with E-state index in [-0.39, 0.29) is 17.8 Å². The van der Waals surface area contributed by atoms with Gasteiger partial charge in [0.1, 0.15) is 5.82 Å². The fourth-order valence-corrected chi connectivity index (χ4v) is 3.83. The second-order valence-corrected chi connectivity index (χ2v) is 8.33. The molecule has 0 spiro atoms. The van der Waals surface area contributed by atoms with Crippen molar-refractivity contribution in [1.82, 2.24) is 4.90 Å². The third-order valence-corrected chi connectivity index (χ3v) is 5.06. The summed E-state index contributed by atoms with van der Waals surface area (Å²) >= 11 is 0. The second-order valence-electron chi connectivity index (χ2n) is 6.58. The SMILES string of the molecule is CS(=O)(=O)Nc1ccc(C(=O)N2CCCC2Cc2ccc(F)cc2)cc1. The van der Waals surface area contributed by atoms with E-state index in [4.69, 9.17) is 0 Å². The lowest BCUT2D eigenvalue weighted by Gasteiger charge is -2.25. The van der Waals surface area contributed by atoms with E-state index in [9.17, 15) is 17.6 Å². The molecule has 1 saturated heterocycles. The van der Waals surface area contributed by atoms with Gasteiger partial charge in [-0.3, -0.25) is 9.52 Å². The number of carbonyl (C=O) groups excluding carboxylic acids is 1. The summed E-state index contributed by atoms with van der Waals surface area (Å²) in [5.41, 5.74) is 1.95. The number of anilines is 1. The number of nitrogens with one attached hydrogen (secondary N) is 1. The molecule has 0 saturated carbocycles. The molecule has 1 amide bonds. The van der Waals surface area contributed by atoms with Crippen molar-refractivity contribution in [3.8, 4) is 0 Å². The number of halogens is 1. The second kappa shape index (κ2) is 7.45. The summed E-state index contributed by atoms with van der Waals surface area (Å²) in [7, 11) is -3.34. The Morgan fingerprint density at radius 2 is 1.81 bits per heavy atom. The lowest BCUT2D eigenvalue weighted by atomic mass is 10.0. The van der Waals surface area contributed by atoms with Gasteiger partial charge in [0.15, 0.2) is 0 Å². The molecule has 1 aliphatic heterocycles. The maximum atomic E-state index is 13.1. The van der Waals surface area contributed by atoms with Crippen LogP contribution in [0.3, 0.4) is 0 Å². The van der Waals surface area contributed by atoms with Gasteiger partial charge in [0.05, 0.1) is 6.26 Å². The molecular weight excluding hydrogens is 355 g/mol. The van der Waals surface area contributed by atoms with Crippen LogP contribution in [0.4, 0.5) is 10.1 Å². The average Bonchev–Trinajstić information content (AvgIpc) is 3.04. The molecule has 1 aliphatic rings. The Hall–Kier alpha value is -2.41. The highest BCUT2D eigenvalue weighted by Crippen LogP contribution is 2.24. The third kappa shape index (κ3) is 4.60. The zero-order chi connectivity index (χ0) is 18.7. The summed E-state index contributed by atoms with van der Waals surface area (Å²) in [6, 6.07) is 12.9. The Bertz CT molecular complexity index is 880. The molecule has 5 nitrogen and oxygen atoms in total. The summed E-state index contributed by atoms with van der Waals surface area (Å²) < 4.78 is 37.9. The van der Waals surface area contributed by atoms with E-state index in [1.54, 1.807) is 36.4 Å². The van der Waals surface area contributed by atoms with Crippen LogP contribution in [-0.4, -0.2) is 38.1 Å². The lowest BCUT2D eigenvalue weighted by Crippen LogP contribution is -2.36. The summed E-state index contributed by atoms with van der Waals surface area (Å²) in [6.45, 7) is 0.689. The van der Waals surface area contributed by atoms with Gasteiger partial charge < -0.3 is 4.90 Å². The summed E-state index contributed by atoms with van der Waals surface area (Å²) in [5, 5.41) is 0. The van der Waals surface area contributed by atoms with E-state index in [1.165, 1.54) is 12.1 Å². The summed E-state index contributed by atoms with van der Waals surface area (Å²) in [4.78, 5) is 14.7. The van der Waals surface area contributed by atoms with Crippen LogP contribution in [0.15, 0.2) is 48.5 Å². The van der Waals surface area contributed by atoms with Gasteiger partial charge in [0, 0.05) is 23.8 Å². The molecule has 1 atom stereocenters. The van der Waals surface area contributed by atoms with Crippen LogP contribution in [0.25, 0.3) is 0 Å². The predicted octanol–water partition coefficient (Wildman–Crippen LogP) is 3.04. The normalized spacial score (nSPS) is 17.3. The highest BCUT2D eigenvalue weighted by atomic mass is 32.2. The monoisotopic (exact) mass is 376 g/mol. The van der Waals surface area contributed by atoms with E-state index < -0.39 is 10.0 Å². The van der Waals surface area contributed by atoms with Gasteiger partial charge in [-0.1, -0.05) is 12.1 Å². The highest BCUT2D eigenvalue weighted by molar-refractivity contribution is 7.92. The van der Waals surface area contributed by atoms with Gasteiger partial charge in [0.2, 0.25) is 10.0 Å². The van der Waals surface area contributed by atoms with Crippen LogP contribution in [-0.2, 0) is 16.4 Å². The summed E-state index contributed by atoms with van der Waals surface area (Å²) in [6.07, 6.45) is 3.62. The van der Waals surface area contributed by atoms with Gasteiger partial charge in [0.25, 0.3) is 5.91 Å². The van der Waals surface area contributed by atoms with Crippen molar-refractivity contribution in [1.29, 1.82) is 0 Å². The first-order valence-corrected chi connectivity index (χ1v) is 10.3. The van der Waals surface area contributed by atoms with Crippen LogP contribution in [0.2, 0.25) is 0 Å². The minimum atomic E-state index is -3.34. The molecule has 0 aromatic heterocycles. The van der Waals surface area contributed by atoms with Crippen molar-refractivity contribution in [2.24, 2.45) is 0 Å². The molecule has 1 fully saturated rings. The van der Waals surface area contributed by atoms with Crippen molar-refractivity contribution >= 4 is 21.6 Å². The zero-order valence-corrected chi connectivity index (χ0v) is 15.3. The van der Waals surface area contributed by atoms with Crippen LogP contribution >= 0.6 is 0 Å². The number of benzene rings is 2. The Kier molecular flexibility index (Phi) is 5.27. The quantitative estimate of drug-likeness (QED) is 0.872. The maximum absolute atomic E-state index is 13.1. The number of sulfonamides is 1. The number of carbonyl (C=O) groups is 1. The first-order chi connectivity index (χ1) is 12.3.